The van der Waals surface area contributed by atoms with Gasteiger partial charge in [0.1, 0.15) is 11.5 Å². The summed E-state index contributed by atoms with van der Waals surface area (Å²) in [5.74, 6) is -0.331. The van der Waals surface area contributed by atoms with Gasteiger partial charge in [-0.15, -0.1) is 13.2 Å². The van der Waals surface area contributed by atoms with Crippen molar-refractivity contribution in [3.63, 3.8) is 0 Å². The molecule has 2 aromatic rings. The summed E-state index contributed by atoms with van der Waals surface area (Å²) in [5, 5.41) is 28.7. The highest BCUT2D eigenvalue weighted by Crippen LogP contribution is 2.40. The van der Waals surface area contributed by atoms with Gasteiger partial charge in [-0.2, -0.15) is 0 Å². The van der Waals surface area contributed by atoms with Gasteiger partial charge in [-0.3, -0.25) is 0 Å². The van der Waals surface area contributed by atoms with E-state index < -0.39 is 5.97 Å². The number of nitrogens with one attached hydrogen (secondary N) is 1. The number of nitrogens with two attached hydrogens (primary N) is 1. The van der Waals surface area contributed by atoms with Crippen molar-refractivity contribution in [3.8, 4) is 11.1 Å². The maximum Gasteiger partial charge on any atom is 0.355 e. The molecule has 0 aliphatic heterocycles. The zero-order valence-electron chi connectivity index (χ0n) is 14.5. The average Bonchev–Trinajstić information content (AvgIpc) is 2.96. The molecule has 0 saturated heterocycles. The Bertz CT molecular complexity index is 773. The highest BCUT2D eigenvalue weighted by Gasteiger charge is 2.24. The first-order valence-corrected chi connectivity index (χ1v) is 8.59. The third kappa shape index (κ3) is 4.16. The van der Waals surface area contributed by atoms with E-state index >= 15 is 0 Å². The van der Waals surface area contributed by atoms with Crippen molar-refractivity contribution in [2.75, 3.05) is 12.3 Å². The van der Waals surface area contributed by atoms with Gasteiger partial charge in [-0.1, -0.05) is 12.1 Å². The number of esters is 1. The number of hydrogen-bond acceptors (Lipinski definition) is 6. The molecule has 0 fully saturated rings. The zero-order valence-corrected chi connectivity index (χ0v) is 16.1. The second-order valence-electron chi connectivity index (χ2n) is 5.03. The number of hydrogen-bond donors (Lipinski definition) is 5. The Labute approximate surface area is 160 Å². The number of aliphatic hydroxyl groups excluding tert-OH is 3. The van der Waals surface area contributed by atoms with Gasteiger partial charge in [0.05, 0.1) is 30.9 Å². The third-order valence-corrected chi connectivity index (χ3v) is 4.52. The van der Waals surface area contributed by atoms with Crippen LogP contribution in [0.5, 0.6) is 0 Å². The van der Waals surface area contributed by atoms with Gasteiger partial charge in [0, 0.05) is 5.56 Å². The molecule has 142 valence electrons. The van der Waals surface area contributed by atoms with Crippen molar-refractivity contribution in [3.05, 3.63) is 52.1 Å². The number of ether oxygens (including phenoxy) is 1. The first-order chi connectivity index (χ1) is 12.5. The third-order valence-electron chi connectivity index (χ3n) is 3.73. The minimum atomic E-state index is -0.553. The van der Waals surface area contributed by atoms with Crippen molar-refractivity contribution in [1.29, 1.82) is 0 Å². The molecule has 8 heteroatoms. The molecule has 0 spiro atoms. The van der Waals surface area contributed by atoms with E-state index in [0.717, 1.165) is 0 Å². The number of anilines is 1. The first-order valence-electron chi connectivity index (χ1n) is 7.80. The molecule has 0 radical (unpaired) electrons. The van der Waals surface area contributed by atoms with Crippen LogP contribution < -0.4 is 5.73 Å². The molecule has 1 aromatic carbocycles. The topological polar surface area (TPSA) is 129 Å². The number of aliphatic hydroxyl groups is 3. The highest BCUT2D eigenvalue weighted by molar-refractivity contribution is 9.10. The van der Waals surface area contributed by atoms with Crippen molar-refractivity contribution in [1.82, 2.24) is 4.98 Å². The molecule has 0 bridgehead atoms. The SMILES string of the molecule is C=C.CCOC(=O)c1[nH]c(N)c(-c2ccc(CO)c(CO)c2CO)c1Br. The van der Waals surface area contributed by atoms with Crippen LogP contribution in [0.3, 0.4) is 0 Å². The summed E-state index contributed by atoms with van der Waals surface area (Å²) in [6.07, 6.45) is 0. The summed E-state index contributed by atoms with van der Waals surface area (Å²) >= 11 is 3.35. The van der Waals surface area contributed by atoms with E-state index in [9.17, 15) is 20.1 Å². The lowest BCUT2D eigenvalue weighted by Gasteiger charge is -2.15. The number of benzene rings is 1. The normalized spacial score (nSPS) is 10.2. The van der Waals surface area contributed by atoms with E-state index in [1.165, 1.54) is 0 Å². The van der Waals surface area contributed by atoms with Crippen LogP contribution in [-0.2, 0) is 24.6 Å². The Kier molecular flexibility index (Phi) is 8.53. The Balaban J connectivity index is 0.00000163. The maximum atomic E-state index is 12.0. The van der Waals surface area contributed by atoms with Crippen molar-refractivity contribution < 1.29 is 24.9 Å². The van der Waals surface area contributed by atoms with Crippen LogP contribution in [0.2, 0.25) is 0 Å². The van der Waals surface area contributed by atoms with Crippen molar-refractivity contribution in [2.45, 2.75) is 26.7 Å². The summed E-state index contributed by atoms with van der Waals surface area (Å²) < 4.78 is 5.38. The Morgan fingerprint density at radius 2 is 1.81 bits per heavy atom. The number of halogens is 1. The van der Waals surface area contributed by atoms with Gasteiger partial charge in [0.2, 0.25) is 0 Å². The summed E-state index contributed by atoms with van der Waals surface area (Å²) in [7, 11) is 0. The largest absolute Gasteiger partial charge is 0.461 e. The minimum Gasteiger partial charge on any atom is -0.461 e. The highest BCUT2D eigenvalue weighted by atomic mass is 79.9. The molecule has 2 rings (SSSR count). The van der Waals surface area contributed by atoms with E-state index in [1.54, 1.807) is 19.1 Å². The number of aromatic amines is 1. The second-order valence-corrected chi connectivity index (χ2v) is 5.82. The standard InChI is InChI=1S/C16H19BrN2O5.C2H4/c1-2-24-16(23)14-13(17)12(15(18)19-14)9-4-3-8(5-20)10(6-21)11(9)7-22;1-2/h3-4,19-22H,2,5-7,18H2,1H3;1-2H2. The van der Waals surface area contributed by atoms with Crippen molar-refractivity contribution >= 4 is 27.7 Å². The number of carbonyl (C=O) groups excluding carboxylic acids is 1. The summed E-state index contributed by atoms with van der Waals surface area (Å²) in [4.78, 5) is 14.8. The molecule has 0 aliphatic rings. The summed E-state index contributed by atoms with van der Waals surface area (Å²) in [6.45, 7) is 6.96. The lowest BCUT2D eigenvalue weighted by molar-refractivity contribution is 0.0519. The van der Waals surface area contributed by atoms with Gasteiger partial charge in [-0.05, 0) is 45.1 Å². The lowest BCUT2D eigenvalue weighted by atomic mass is 9.93. The first kappa shape index (κ1) is 21.9. The summed E-state index contributed by atoms with van der Waals surface area (Å²) in [5.41, 5.74) is 8.60. The van der Waals surface area contributed by atoms with E-state index in [0.29, 0.717) is 32.3 Å². The van der Waals surface area contributed by atoms with Crippen LogP contribution in [0.4, 0.5) is 5.82 Å². The van der Waals surface area contributed by atoms with Gasteiger partial charge in [0.25, 0.3) is 0 Å². The number of aromatic nitrogens is 1. The van der Waals surface area contributed by atoms with Crippen LogP contribution in [0.15, 0.2) is 29.8 Å². The second kappa shape index (κ2) is 10.1. The number of nitrogen functional groups attached to an aromatic ring is 1. The monoisotopic (exact) mass is 426 g/mol. The fraction of sp³-hybridized carbons (Fsp3) is 0.278. The van der Waals surface area contributed by atoms with Crippen LogP contribution in [0.1, 0.15) is 34.1 Å². The zero-order chi connectivity index (χ0) is 19.9. The predicted octanol–water partition coefficient (Wildman–Crippen LogP) is 2.48. The number of H-pyrrole nitrogens is 1. The molecule has 26 heavy (non-hydrogen) atoms. The molecule has 0 aliphatic carbocycles. The van der Waals surface area contributed by atoms with Gasteiger partial charge in [0.15, 0.2) is 0 Å². The van der Waals surface area contributed by atoms with Crippen LogP contribution in [0.25, 0.3) is 11.1 Å². The maximum absolute atomic E-state index is 12.0. The van der Waals surface area contributed by atoms with Gasteiger partial charge < -0.3 is 30.8 Å². The summed E-state index contributed by atoms with van der Waals surface area (Å²) in [6, 6.07) is 3.32. The molecule has 6 N–H and O–H groups in total. The number of carbonyl (C=O) groups is 1. The number of rotatable bonds is 6. The van der Waals surface area contributed by atoms with E-state index in [1.807, 2.05) is 0 Å². The molecule has 7 nitrogen and oxygen atoms in total. The fourth-order valence-corrected chi connectivity index (χ4v) is 3.29. The fourth-order valence-electron chi connectivity index (χ4n) is 2.60. The van der Waals surface area contributed by atoms with E-state index in [4.69, 9.17) is 10.5 Å². The van der Waals surface area contributed by atoms with Crippen LogP contribution in [-0.4, -0.2) is 32.9 Å². The van der Waals surface area contributed by atoms with Crippen LogP contribution >= 0.6 is 15.9 Å². The Morgan fingerprint density at radius 1 is 1.19 bits per heavy atom. The van der Waals surface area contributed by atoms with Gasteiger partial charge in [-0.25, -0.2) is 4.79 Å². The Hall–Kier alpha value is -2.13. The molecule has 0 atom stereocenters. The average molecular weight is 427 g/mol. The molecular formula is C18H23BrN2O5. The van der Waals surface area contributed by atoms with E-state index in [2.05, 4.69) is 34.1 Å². The molecule has 0 saturated carbocycles. The quantitative estimate of drug-likeness (QED) is 0.356. The predicted molar refractivity (Wildman–Crippen MR) is 103 cm³/mol. The van der Waals surface area contributed by atoms with Gasteiger partial charge >= 0.3 is 5.97 Å². The van der Waals surface area contributed by atoms with E-state index in [-0.39, 0.29) is 37.9 Å². The Morgan fingerprint density at radius 3 is 2.31 bits per heavy atom. The lowest BCUT2D eigenvalue weighted by Crippen LogP contribution is -2.06. The minimum absolute atomic E-state index is 0.171. The van der Waals surface area contributed by atoms with Crippen molar-refractivity contribution in [2.24, 2.45) is 0 Å². The molecular weight excluding hydrogens is 404 g/mol. The molecule has 1 aromatic heterocycles. The molecule has 0 unspecified atom stereocenters. The molecule has 0 amide bonds. The smallest absolute Gasteiger partial charge is 0.355 e. The molecule has 1 heterocycles. The van der Waals surface area contributed by atoms with Crippen LogP contribution in [0, 0.1) is 0 Å².